The molecule has 1 heterocycles. The predicted molar refractivity (Wildman–Crippen MR) is 60.2 cm³/mol. The molecule has 0 atom stereocenters. The normalized spacial score (nSPS) is 11.7. The van der Waals surface area contributed by atoms with E-state index in [4.69, 9.17) is 11.6 Å². The van der Waals surface area contributed by atoms with Crippen LogP contribution < -0.4 is 0 Å². The molecule has 1 aromatic rings. The topological polar surface area (TPSA) is 68.4 Å². The molecule has 0 saturated carbocycles. The molecule has 0 N–H and O–H groups in total. The molecular weight excluding hydrogens is 238 g/mol. The lowest BCUT2D eigenvalue weighted by Crippen LogP contribution is -2.02. The molecule has 0 amide bonds. The maximum Gasteiger partial charge on any atom is 0.190 e. The van der Waals surface area contributed by atoms with Gasteiger partial charge in [-0.25, -0.2) is 15.1 Å². The molecule has 7 heteroatoms. The molecule has 0 aliphatic heterocycles. The number of halogens is 1. The minimum absolute atomic E-state index is 0.495. The van der Waals surface area contributed by atoms with Crippen molar-refractivity contribution in [3.63, 3.8) is 0 Å². The predicted octanol–water partition coefficient (Wildman–Crippen LogP) is 2.77. The third kappa shape index (κ3) is 4.35. The summed E-state index contributed by atoms with van der Waals surface area (Å²) in [6.07, 6.45) is 3.56. The molecule has 0 aliphatic carbocycles. The molecule has 0 saturated heterocycles. The van der Waals surface area contributed by atoms with Gasteiger partial charge in [0.2, 0.25) is 0 Å². The Morgan fingerprint density at radius 1 is 1.80 bits per heavy atom. The third-order valence-corrected chi connectivity index (χ3v) is 2.99. The number of aryl methyl sites for hydroxylation is 1. The van der Waals surface area contributed by atoms with Gasteiger partial charge in [-0.1, -0.05) is 18.5 Å². The molecule has 0 fully saturated rings. The number of hydrogen-bond donors (Lipinski definition) is 0. The van der Waals surface area contributed by atoms with Crippen LogP contribution in [0.3, 0.4) is 0 Å². The highest BCUT2D eigenvalue weighted by molar-refractivity contribution is 7.15. The second kappa shape index (κ2) is 5.77. The highest BCUT2D eigenvalue weighted by atomic mass is 35.5. The maximum absolute atomic E-state index is 10.2. The average Bonchev–Trinajstić information content (AvgIpc) is 2.58. The molecule has 1 rings (SSSR count). The molecule has 1 aromatic heterocycles. The van der Waals surface area contributed by atoms with Crippen molar-refractivity contribution in [2.45, 2.75) is 26.2 Å². The average molecular weight is 248 g/mol. The Morgan fingerprint density at radius 2 is 2.53 bits per heavy atom. The number of rotatable bonds is 5. The first-order valence-corrected chi connectivity index (χ1v) is 5.62. The van der Waals surface area contributed by atoms with Crippen LogP contribution in [0.5, 0.6) is 0 Å². The Labute approximate surface area is 95.9 Å². The van der Waals surface area contributed by atoms with Gasteiger partial charge in [-0.15, -0.1) is 11.3 Å². The quantitative estimate of drug-likeness (QED) is 0.456. The summed E-state index contributed by atoms with van der Waals surface area (Å²) in [5.41, 5.74) is 0.588. The smallest absolute Gasteiger partial charge is 0.190 e. The SMILES string of the molecule is CCC(CCc1cnc(Cl)s1)=N[N+](=O)[O-]. The highest BCUT2D eigenvalue weighted by Gasteiger charge is 2.05. The van der Waals surface area contributed by atoms with Crippen molar-refractivity contribution in [1.82, 2.24) is 4.98 Å². The zero-order valence-corrected chi connectivity index (χ0v) is 9.72. The van der Waals surface area contributed by atoms with Crippen LogP contribution in [-0.2, 0) is 6.42 Å². The van der Waals surface area contributed by atoms with Gasteiger partial charge >= 0.3 is 0 Å². The van der Waals surface area contributed by atoms with E-state index in [1.165, 1.54) is 11.3 Å². The lowest BCUT2D eigenvalue weighted by atomic mass is 10.1. The Hall–Kier alpha value is -1.01. The van der Waals surface area contributed by atoms with E-state index in [9.17, 15) is 10.1 Å². The summed E-state index contributed by atoms with van der Waals surface area (Å²) < 4.78 is 0.495. The molecular formula is C8H10ClN3O2S. The third-order valence-electron chi connectivity index (χ3n) is 1.82. The lowest BCUT2D eigenvalue weighted by Gasteiger charge is -1.96. The molecule has 5 nitrogen and oxygen atoms in total. The van der Waals surface area contributed by atoms with Crippen LogP contribution in [0, 0.1) is 10.1 Å². The Balaban J connectivity index is 2.51. The van der Waals surface area contributed by atoms with Gasteiger partial charge in [0.25, 0.3) is 0 Å². The highest BCUT2D eigenvalue weighted by Crippen LogP contribution is 2.19. The van der Waals surface area contributed by atoms with Gasteiger partial charge in [-0.05, 0) is 19.3 Å². The van der Waals surface area contributed by atoms with Gasteiger partial charge in [0.1, 0.15) is 0 Å². The van der Waals surface area contributed by atoms with Crippen LogP contribution in [0.25, 0.3) is 0 Å². The number of hydrazone groups is 1. The Kier molecular flexibility index (Phi) is 4.64. The summed E-state index contributed by atoms with van der Waals surface area (Å²) in [4.78, 5) is 15.1. The van der Waals surface area contributed by atoms with Crippen molar-refractivity contribution >= 4 is 28.6 Å². The molecule has 0 spiro atoms. The van der Waals surface area contributed by atoms with E-state index in [1.54, 1.807) is 6.20 Å². The van der Waals surface area contributed by atoms with E-state index in [1.807, 2.05) is 6.92 Å². The van der Waals surface area contributed by atoms with Crippen molar-refractivity contribution < 1.29 is 5.03 Å². The van der Waals surface area contributed by atoms with Crippen molar-refractivity contribution in [3.8, 4) is 0 Å². The number of aromatic nitrogens is 1. The maximum atomic E-state index is 10.2. The first kappa shape index (κ1) is 12.1. The number of nitro groups is 1. The van der Waals surface area contributed by atoms with E-state index in [0.717, 1.165) is 4.88 Å². The van der Waals surface area contributed by atoms with Crippen molar-refractivity contribution in [2.24, 2.45) is 5.10 Å². The number of thiazole rings is 1. The monoisotopic (exact) mass is 247 g/mol. The van der Waals surface area contributed by atoms with Gasteiger partial charge in [-0.2, -0.15) is 0 Å². The van der Waals surface area contributed by atoms with Gasteiger partial charge < -0.3 is 0 Å². The van der Waals surface area contributed by atoms with Crippen LogP contribution in [0.4, 0.5) is 0 Å². The Morgan fingerprint density at radius 3 is 3.00 bits per heavy atom. The van der Waals surface area contributed by atoms with E-state index in [-0.39, 0.29) is 0 Å². The van der Waals surface area contributed by atoms with Crippen molar-refractivity contribution in [1.29, 1.82) is 0 Å². The van der Waals surface area contributed by atoms with E-state index in [2.05, 4.69) is 10.1 Å². The fraction of sp³-hybridized carbons (Fsp3) is 0.500. The fourth-order valence-electron chi connectivity index (χ4n) is 1.08. The standard InChI is InChI=1S/C8H10ClN3O2S/c1-2-6(11-12(13)14)3-4-7-5-10-8(9)15-7/h5H,2-4H2,1H3. The summed E-state index contributed by atoms with van der Waals surface area (Å²) in [6, 6.07) is 0. The fourth-order valence-corrected chi connectivity index (χ4v) is 2.06. The second-order valence-electron chi connectivity index (χ2n) is 2.84. The minimum atomic E-state index is -0.654. The van der Waals surface area contributed by atoms with Gasteiger partial charge in [0.05, 0.1) is 10.8 Å². The van der Waals surface area contributed by atoms with Gasteiger partial charge in [0.15, 0.2) is 9.50 Å². The molecule has 0 aromatic carbocycles. The zero-order chi connectivity index (χ0) is 11.3. The van der Waals surface area contributed by atoms with Crippen molar-refractivity contribution in [2.75, 3.05) is 0 Å². The number of hydrogen-bond acceptors (Lipinski definition) is 4. The second-order valence-corrected chi connectivity index (χ2v) is 4.53. The molecule has 0 aliphatic rings. The van der Waals surface area contributed by atoms with E-state index < -0.39 is 5.03 Å². The molecule has 0 unspecified atom stereocenters. The molecule has 15 heavy (non-hydrogen) atoms. The van der Waals surface area contributed by atoms with E-state index >= 15 is 0 Å². The molecule has 0 radical (unpaired) electrons. The van der Waals surface area contributed by atoms with E-state index in [0.29, 0.717) is 29.4 Å². The summed E-state index contributed by atoms with van der Waals surface area (Å²) in [5, 5.41) is 12.8. The summed E-state index contributed by atoms with van der Waals surface area (Å²) in [6.45, 7) is 1.85. The zero-order valence-electron chi connectivity index (χ0n) is 8.14. The van der Waals surface area contributed by atoms with Gasteiger partial charge in [0, 0.05) is 11.1 Å². The largest absolute Gasteiger partial charge is 0.233 e. The lowest BCUT2D eigenvalue weighted by molar-refractivity contribution is -0.485. The van der Waals surface area contributed by atoms with Crippen LogP contribution in [0.15, 0.2) is 11.3 Å². The van der Waals surface area contributed by atoms with Gasteiger partial charge in [-0.3, -0.25) is 0 Å². The summed E-state index contributed by atoms with van der Waals surface area (Å²) >= 11 is 7.05. The summed E-state index contributed by atoms with van der Waals surface area (Å²) in [5.74, 6) is 0. The summed E-state index contributed by atoms with van der Waals surface area (Å²) in [7, 11) is 0. The Bertz CT molecular complexity index is 378. The van der Waals surface area contributed by atoms with Crippen LogP contribution in [0.2, 0.25) is 4.47 Å². The first-order chi connectivity index (χ1) is 7.11. The number of nitrogens with zero attached hydrogens (tertiary/aromatic N) is 3. The minimum Gasteiger partial charge on any atom is -0.233 e. The van der Waals surface area contributed by atoms with Crippen molar-refractivity contribution in [3.05, 3.63) is 25.7 Å². The van der Waals surface area contributed by atoms with Crippen LogP contribution in [0.1, 0.15) is 24.6 Å². The van der Waals surface area contributed by atoms with Crippen LogP contribution >= 0.6 is 22.9 Å². The molecule has 82 valence electrons. The first-order valence-electron chi connectivity index (χ1n) is 4.42. The molecule has 0 bridgehead atoms. The van der Waals surface area contributed by atoms with Crippen LogP contribution in [-0.4, -0.2) is 15.7 Å².